The minimum absolute atomic E-state index is 0.0766. The lowest BCUT2D eigenvalue weighted by Gasteiger charge is -2.33. The number of piperidine rings is 2. The smallest absolute Gasteiger partial charge is 0.324 e. The van der Waals surface area contributed by atoms with E-state index in [0.717, 1.165) is 95.9 Å². The lowest BCUT2D eigenvalue weighted by atomic mass is 9.92. The van der Waals surface area contributed by atoms with E-state index in [1.165, 1.54) is 43.6 Å². The van der Waals surface area contributed by atoms with Crippen molar-refractivity contribution in [3.63, 3.8) is 0 Å². The number of fused-ring (bicyclic) bond motifs is 2. The van der Waals surface area contributed by atoms with Crippen LogP contribution in [0.5, 0.6) is 5.19 Å². The first-order chi connectivity index (χ1) is 33.2. The number of aliphatic hydroxyl groups is 1. The number of anilines is 2. The van der Waals surface area contributed by atoms with E-state index in [9.17, 15) is 5.11 Å². The highest BCUT2D eigenvalue weighted by molar-refractivity contribution is 7.98. The monoisotopic (exact) mass is 1030 g/mol. The average molecular weight is 1030 g/mol. The number of hydrogen-bond acceptors (Lipinski definition) is 18. The maximum atomic E-state index is 9.54. The van der Waals surface area contributed by atoms with Gasteiger partial charge in [0.05, 0.1) is 29.9 Å². The Labute approximate surface area is 424 Å². The summed E-state index contributed by atoms with van der Waals surface area (Å²) < 4.78 is 21.0. The SMILES string of the molecule is CC(C)c1noc(N2CCC(C(C)O)CC2)n1.CSc1ccc(-c2cn3nc(Cl)sc3n2)c(C)c1.CSc1ccc(-c2cn3nc(OC(C)C4CCN(c5nc(C(C)C)no5)CC4)sc3n2)c(C)c1. The lowest BCUT2D eigenvalue weighted by molar-refractivity contribution is 0.109. The van der Waals surface area contributed by atoms with E-state index in [1.54, 1.807) is 28.0 Å². The Kier molecular flexibility index (Phi) is 16.6. The fourth-order valence-electron chi connectivity index (χ4n) is 8.33. The zero-order valence-electron chi connectivity index (χ0n) is 40.8. The molecule has 0 spiro atoms. The van der Waals surface area contributed by atoms with Crippen LogP contribution in [0.2, 0.25) is 4.47 Å². The Hall–Kier alpha value is -4.73. The van der Waals surface area contributed by atoms with Crippen molar-refractivity contribution in [2.24, 2.45) is 11.8 Å². The van der Waals surface area contributed by atoms with Gasteiger partial charge in [-0.25, -0.2) is 19.0 Å². The molecule has 0 radical (unpaired) electrons. The molecule has 8 heterocycles. The molecule has 16 nitrogen and oxygen atoms in total. The molecule has 368 valence electrons. The largest absolute Gasteiger partial charge is 0.466 e. The lowest BCUT2D eigenvalue weighted by Crippen LogP contribution is -2.38. The van der Waals surface area contributed by atoms with Gasteiger partial charge in [0.15, 0.2) is 11.6 Å². The third-order valence-electron chi connectivity index (χ3n) is 12.6. The molecule has 6 aromatic heterocycles. The van der Waals surface area contributed by atoms with E-state index in [0.29, 0.717) is 39.4 Å². The molecular weight excluding hydrogens is 972 g/mol. The van der Waals surface area contributed by atoms with Crippen molar-refractivity contribution in [3.8, 4) is 27.7 Å². The van der Waals surface area contributed by atoms with Crippen molar-refractivity contribution < 1.29 is 18.9 Å². The number of imidazole rings is 2. The van der Waals surface area contributed by atoms with Crippen molar-refractivity contribution in [1.82, 2.24) is 49.5 Å². The molecule has 2 atom stereocenters. The van der Waals surface area contributed by atoms with Crippen molar-refractivity contribution >= 4 is 79.7 Å². The fourth-order valence-corrected chi connectivity index (χ4v) is 11.0. The number of thioether (sulfide) groups is 2. The minimum atomic E-state index is -0.217. The summed E-state index contributed by atoms with van der Waals surface area (Å²) in [5, 5.41) is 27.1. The van der Waals surface area contributed by atoms with Gasteiger partial charge in [-0.3, -0.25) is 0 Å². The molecule has 2 aliphatic heterocycles. The van der Waals surface area contributed by atoms with Gasteiger partial charge in [0, 0.05) is 58.9 Å². The highest BCUT2D eigenvalue weighted by atomic mass is 35.5. The summed E-state index contributed by atoms with van der Waals surface area (Å²) in [7, 11) is 0. The first-order valence-corrected chi connectivity index (χ1v) is 27.8. The second-order valence-electron chi connectivity index (χ2n) is 18.2. The number of aromatic nitrogens is 10. The number of ether oxygens (including phenoxy) is 1. The van der Waals surface area contributed by atoms with Gasteiger partial charge in [-0.05, 0) is 136 Å². The zero-order chi connectivity index (χ0) is 48.9. The van der Waals surface area contributed by atoms with Crippen molar-refractivity contribution in [2.75, 3.05) is 48.5 Å². The Morgan fingerprint density at radius 1 is 0.667 bits per heavy atom. The summed E-state index contributed by atoms with van der Waals surface area (Å²) >= 11 is 12.2. The number of nitrogens with zero attached hydrogens (tertiary/aromatic N) is 12. The minimum Gasteiger partial charge on any atom is -0.466 e. The maximum absolute atomic E-state index is 9.54. The molecule has 0 aliphatic carbocycles. The molecule has 2 aliphatic rings. The van der Waals surface area contributed by atoms with Crippen molar-refractivity contribution in [2.45, 2.75) is 115 Å². The summed E-state index contributed by atoms with van der Waals surface area (Å²) in [6, 6.07) is 14.1. The molecule has 2 aromatic carbocycles. The molecule has 0 saturated carbocycles. The topological polar surface area (TPSA) is 174 Å². The van der Waals surface area contributed by atoms with Crippen LogP contribution in [0.4, 0.5) is 12.0 Å². The van der Waals surface area contributed by atoms with E-state index in [-0.39, 0.29) is 18.1 Å². The fraction of sp³-hybridized carbons (Fsp3) is 0.500. The predicted octanol–water partition coefficient (Wildman–Crippen LogP) is 11.6. The second-order valence-corrected chi connectivity index (χ2v) is 22.4. The highest BCUT2D eigenvalue weighted by Crippen LogP contribution is 2.33. The summed E-state index contributed by atoms with van der Waals surface area (Å²) in [6.45, 7) is 20.0. The summed E-state index contributed by atoms with van der Waals surface area (Å²) in [6.07, 6.45) is 11.9. The normalized spacial score (nSPS) is 15.7. The molecule has 2 unspecified atom stereocenters. The number of hydrogen-bond donors (Lipinski definition) is 1. The molecule has 2 saturated heterocycles. The zero-order valence-corrected chi connectivity index (χ0v) is 44.8. The van der Waals surface area contributed by atoms with Gasteiger partial charge < -0.3 is 28.7 Å². The van der Waals surface area contributed by atoms with E-state index in [1.807, 2.05) is 37.7 Å². The van der Waals surface area contributed by atoms with Crippen LogP contribution in [0.1, 0.15) is 102 Å². The van der Waals surface area contributed by atoms with Crippen LogP contribution >= 0.6 is 57.8 Å². The molecule has 8 aromatic rings. The van der Waals surface area contributed by atoms with Gasteiger partial charge >= 0.3 is 12.0 Å². The first-order valence-electron chi connectivity index (χ1n) is 23.4. The summed E-state index contributed by atoms with van der Waals surface area (Å²) in [5.74, 6) is 2.94. The van der Waals surface area contributed by atoms with Gasteiger partial charge in [-0.15, -0.1) is 33.7 Å². The Morgan fingerprint density at radius 2 is 1.13 bits per heavy atom. The van der Waals surface area contributed by atoms with Crippen LogP contribution in [0, 0.1) is 25.7 Å². The third-order valence-corrected chi connectivity index (χ3v) is 15.9. The second kappa shape index (κ2) is 22.6. The molecule has 0 amide bonds. The van der Waals surface area contributed by atoms with Crippen LogP contribution < -0.4 is 14.5 Å². The first kappa shape index (κ1) is 50.7. The van der Waals surface area contributed by atoms with E-state index in [2.05, 4.69) is 129 Å². The molecule has 0 bridgehead atoms. The predicted molar refractivity (Wildman–Crippen MR) is 279 cm³/mol. The van der Waals surface area contributed by atoms with Crippen LogP contribution in [-0.4, -0.2) is 105 Å². The van der Waals surface area contributed by atoms with Crippen LogP contribution in [0.15, 0.2) is 67.6 Å². The average Bonchev–Trinajstić information content (AvgIpc) is 4.21. The van der Waals surface area contributed by atoms with Gasteiger partial charge in [0.25, 0.3) is 5.19 Å². The van der Waals surface area contributed by atoms with Crippen molar-refractivity contribution in [1.29, 1.82) is 0 Å². The van der Waals surface area contributed by atoms with Gasteiger partial charge in [-0.1, -0.05) is 61.5 Å². The van der Waals surface area contributed by atoms with E-state index in [4.69, 9.17) is 30.4 Å². The molecule has 1 N–H and O–H groups in total. The summed E-state index contributed by atoms with van der Waals surface area (Å²) in [5.41, 5.74) is 6.60. The van der Waals surface area contributed by atoms with Gasteiger partial charge in [0.2, 0.25) is 14.4 Å². The third kappa shape index (κ3) is 12.2. The molecule has 21 heteroatoms. The maximum Gasteiger partial charge on any atom is 0.324 e. The Bertz CT molecular complexity index is 2860. The summed E-state index contributed by atoms with van der Waals surface area (Å²) in [4.78, 5) is 26.7. The van der Waals surface area contributed by atoms with Gasteiger partial charge in [-0.2, -0.15) is 9.97 Å². The van der Waals surface area contributed by atoms with Crippen LogP contribution in [0.3, 0.4) is 0 Å². The van der Waals surface area contributed by atoms with E-state index < -0.39 is 0 Å². The number of rotatable bonds is 12. The van der Waals surface area contributed by atoms with Gasteiger partial charge in [0.1, 0.15) is 6.10 Å². The molecular formula is C48H61ClN12O4S4. The highest BCUT2D eigenvalue weighted by Gasteiger charge is 2.29. The van der Waals surface area contributed by atoms with Crippen LogP contribution in [-0.2, 0) is 0 Å². The Balaban J connectivity index is 0.000000154. The molecule has 2 fully saturated rings. The van der Waals surface area contributed by atoms with Crippen molar-refractivity contribution in [3.05, 3.63) is 76.0 Å². The van der Waals surface area contributed by atoms with E-state index >= 15 is 0 Å². The molecule has 10 rings (SSSR count). The Morgan fingerprint density at radius 3 is 1.54 bits per heavy atom. The standard InChI is InChI=1S/C24H30N6O2S2.C12H10ClN3S2.C12H21N3O2/c1-14(2)21-26-22(32-28-21)29-10-8-17(9-11-29)16(4)31-24-27-30-13-20(25-23(30)34-24)19-7-6-18(33-5)12-15(19)3;1-7-5-8(17-2)3-4-9(7)10-6-16-12(14-10)18-11(13)15-16;1-8(2)11-13-12(17-14-11)15-6-4-10(5-7-15)9(3)16/h6-7,12-14,16-17H,8-11H2,1-5H3;3-6H,1-2H3;8-10,16H,4-7H2,1-3H3. The molecule has 69 heavy (non-hydrogen) atoms. The quantitative estimate of drug-likeness (QED) is 0.114. The number of benzene rings is 2. The number of aryl methyl sites for hydroxylation is 2. The number of halogens is 1. The number of aliphatic hydroxyl groups excluding tert-OH is 1. The van der Waals surface area contributed by atoms with Crippen LogP contribution in [0.25, 0.3) is 32.4 Å².